The van der Waals surface area contributed by atoms with Crippen LogP contribution in [0.5, 0.6) is 5.75 Å². The van der Waals surface area contributed by atoms with Gasteiger partial charge in [0.2, 0.25) is 11.9 Å². The van der Waals surface area contributed by atoms with Gasteiger partial charge in [-0.05, 0) is 54.0 Å². The number of nitrogens with one attached hydrogen (secondary N) is 1. The number of nitrogen functional groups attached to an aromatic ring is 1. The van der Waals surface area contributed by atoms with E-state index < -0.39 is 21.3 Å². The van der Waals surface area contributed by atoms with E-state index in [-0.39, 0.29) is 17.1 Å². The molecule has 2 aliphatic carbocycles. The molecule has 2 heterocycles. The summed E-state index contributed by atoms with van der Waals surface area (Å²) in [6, 6.07) is 23.7. The van der Waals surface area contributed by atoms with Crippen molar-refractivity contribution in [2.45, 2.75) is 39.7 Å². The summed E-state index contributed by atoms with van der Waals surface area (Å²) in [5.74, 6) is 2.04. The molecule has 5 aromatic rings. The summed E-state index contributed by atoms with van der Waals surface area (Å²) in [7, 11) is -2.44. The highest BCUT2D eigenvalue weighted by molar-refractivity contribution is 7.85. The van der Waals surface area contributed by atoms with Crippen molar-refractivity contribution in [3.63, 3.8) is 0 Å². The number of carbonyl (C=O) groups is 1. The number of benzene rings is 3. The van der Waals surface area contributed by atoms with E-state index in [1.54, 1.807) is 11.7 Å². The normalized spacial score (nSPS) is 20.3. The molecule has 0 spiro atoms. The first-order chi connectivity index (χ1) is 21.4. The Balaban J connectivity index is 0.000000200. The molecule has 2 bridgehead atoms. The van der Waals surface area contributed by atoms with E-state index in [0.717, 1.165) is 28.4 Å². The average Bonchev–Trinajstić information content (AvgIpc) is 3.53. The number of rotatable bonds is 7. The van der Waals surface area contributed by atoms with Gasteiger partial charge >= 0.3 is 0 Å². The van der Waals surface area contributed by atoms with Crippen molar-refractivity contribution in [1.29, 1.82) is 0 Å². The Morgan fingerprint density at radius 2 is 1.76 bits per heavy atom. The first kappa shape index (κ1) is 30.5. The zero-order valence-corrected chi connectivity index (χ0v) is 26.2. The van der Waals surface area contributed by atoms with Gasteiger partial charge in [0.25, 0.3) is 10.1 Å². The molecule has 12 heteroatoms. The average molecular weight is 629 g/mol. The lowest BCUT2D eigenvalue weighted by atomic mass is 9.70. The quantitative estimate of drug-likeness (QED) is 0.198. The second-order valence-corrected chi connectivity index (χ2v) is 13.7. The highest BCUT2D eigenvalue weighted by Gasteiger charge is 2.65. The van der Waals surface area contributed by atoms with E-state index in [2.05, 4.69) is 22.4 Å². The summed E-state index contributed by atoms with van der Waals surface area (Å²) in [5, 5.41) is 4.32. The van der Waals surface area contributed by atoms with Crippen LogP contribution in [0.1, 0.15) is 38.7 Å². The van der Waals surface area contributed by atoms with E-state index in [0.29, 0.717) is 48.4 Å². The third kappa shape index (κ3) is 5.48. The summed E-state index contributed by atoms with van der Waals surface area (Å²) in [6.45, 7) is 4.52. The highest BCUT2D eigenvalue weighted by atomic mass is 32.2. The summed E-state index contributed by atoms with van der Waals surface area (Å²) in [5.41, 5.74) is 8.61. The number of nitrogens with two attached hydrogens (primary N) is 1. The SMILES string of the molecule is CC1(C)C2CCC1(CS(=O)(=O)O)C(=O)C2.COc1cccc2c(NCc3ccccc3)nc(-n3c(N)nc4ccccc43)nc12. The lowest BCUT2D eigenvalue weighted by Gasteiger charge is -2.35. The number of ether oxygens (including phenoxy) is 1. The number of imidazole rings is 1. The molecule has 234 valence electrons. The third-order valence-corrected chi connectivity index (χ3v) is 10.4. The minimum absolute atomic E-state index is 0.0152. The van der Waals surface area contributed by atoms with E-state index in [1.807, 2.05) is 74.5 Å². The predicted octanol–water partition coefficient (Wildman–Crippen LogP) is 5.44. The van der Waals surface area contributed by atoms with Crippen molar-refractivity contribution >= 4 is 49.6 Å². The van der Waals surface area contributed by atoms with Gasteiger partial charge in [0.05, 0.1) is 29.3 Å². The number of nitrogens with zero attached hydrogens (tertiary/aromatic N) is 4. The minimum Gasteiger partial charge on any atom is -0.494 e. The fraction of sp³-hybridized carbons (Fsp3) is 0.333. The van der Waals surface area contributed by atoms with Gasteiger partial charge in [-0.15, -0.1) is 0 Å². The van der Waals surface area contributed by atoms with Crippen molar-refractivity contribution in [3.8, 4) is 11.7 Å². The van der Waals surface area contributed by atoms with Crippen LogP contribution in [-0.4, -0.2) is 51.1 Å². The van der Waals surface area contributed by atoms with Crippen molar-refractivity contribution in [1.82, 2.24) is 19.5 Å². The number of ketones is 1. The van der Waals surface area contributed by atoms with Gasteiger partial charge in [0.15, 0.2) is 0 Å². The number of Topliss-reactive ketones (excluding diaryl/α,β-unsaturated/α-hetero) is 1. The second-order valence-electron chi connectivity index (χ2n) is 12.3. The Labute approximate surface area is 261 Å². The maximum absolute atomic E-state index is 11.9. The van der Waals surface area contributed by atoms with Crippen molar-refractivity contribution in [2.24, 2.45) is 16.7 Å². The Hall–Kier alpha value is -4.55. The van der Waals surface area contributed by atoms with Crippen LogP contribution in [0.15, 0.2) is 72.8 Å². The topological polar surface area (TPSA) is 162 Å². The van der Waals surface area contributed by atoms with Crippen LogP contribution in [0.25, 0.3) is 27.9 Å². The Bertz CT molecular complexity index is 2010. The van der Waals surface area contributed by atoms with E-state index in [4.69, 9.17) is 25.0 Å². The zero-order chi connectivity index (χ0) is 32.0. The fourth-order valence-corrected chi connectivity index (χ4v) is 8.27. The summed E-state index contributed by atoms with van der Waals surface area (Å²) >= 11 is 0. The molecule has 0 amide bonds. The molecule has 0 saturated heterocycles. The number of hydrogen-bond donors (Lipinski definition) is 3. The van der Waals surface area contributed by atoms with Crippen LogP contribution in [0, 0.1) is 16.7 Å². The van der Waals surface area contributed by atoms with Crippen LogP contribution >= 0.6 is 0 Å². The van der Waals surface area contributed by atoms with Crippen molar-refractivity contribution in [3.05, 3.63) is 78.4 Å². The third-order valence-electron chi connectivity index (χ3n) is 9.56. The van der Waals surface area contributed by atoms with Crippen molar-refractivity contribution < 1.29 is 22.5 Å². The Kier molecular flexibility index (Phi) is 7.74. The van der Waals surface area contributed by atoms with Gasteiger partial charge in [0, 0.05) is 18.4 Å². The summed E-state index contributed by atoms with van der Waals surface area (Å²) < 4.78 is 38.3. The molecule has 2 saturated carbocycles. The molecule has 3 aromatic carbocycles. The van der Waals surface area contributed by atoms with Crippen LogP contribution in [-0.2, 0) is 21.5 Å². The molecule has 2 unspecified atom stereocenters. The van der Waals surface area contributed by atoms with Crippen molar-refractivity contribution in [2.75, 3.05) is 23.9 Å². The van der Waals surface area contributed by atoms with E-state index in [9.17, 15) is 13.2 Å². The fourth-order valence-electron chi connectivity index (χ4n) is 6.97. The Morgan fingerprint density at radius 3 is 2.42 bits per heavy atom. The molecule has 2 aromatic heterocycles. The van der Waals surface area contributed by atoms with Crippen LogP contribution in [0.2, 0.25) is 0 Å². The number of aromatic nitrogens is 4. The number of fused-ring (bicyclic) bond motifs is 4. The summed E-state index contributed by atoms with van der Waals surface area (Å²) in [6.07, 6.45) is 1.97. The second kappa shape index (κ2) is 11.4. The van der Waals surface area contributed by atoms with Crippen LogP contribution < -0.4 is 15.8 Å². The van der Waals surface area contributed by atoms with E-state index in [1.165, 1.54) is 0 Å². The van der Waals surface area contributed by atoms with Gasteiger partial charge in [-0.25, -0.2) is 14.5 Å². The molecule has 0 radical (unpaired) electrons. The molecule has 0 aliphatic heterocycles. The van der Waals surface area contributed by atoms with Gasteiger partial charge in [-0.2, -0.15) is 13.4 Å². The van der Waals surface area contributed by atoms with Gasteiger partial charge in [0.1, 0.15) is 22.9 Å². The van der Waals surface area contributed by atoms with Gasteiger partial charge < -0.3 is 15.8 Å². The lowest BCUT2D eigenvalue weighted by Crippen LogP contribution is -2.42. The maximum Gasteiger partial charge on any atom is 0.265 e. The maximum atomic E-state index is 11.9. The number of para-hydroxylation sites is 3. The number of anilines is 2. The molecule has 11 nitrogen and oxygen atoms in total. The number of methoxy groups -OCH3 is 1. The Morgan fingerprint density at radius 1 is 1.02 bits per heavy atom. The largest absolute Gasteiger partial charge is 0.494 e. The molecule has 2 atom stereocenters. The van der Waals surface area contributed by atoms with Gasteiger partial charge in [-0.3, -0.25) is 9.35 Å². The smallest absolute Gasteiger partial charge is 0.265 e. The van der Waals surface area contributed by atoms with Crippen LogP contribution in [0.3, 0.4) is 0 Å². The molecule has 7 rings (SSSR count). The molecule has 2 fully saturated rings. The molecular formula is C33H36N6O5S. The molecule has 45 heavy (non-hydrogen) atoms. The standard InChI is InChI=1S/C23H20N6O.C10H16O4S/c1-30-19-13-7-10-16-20(19)27-23(28-21(16)25-14-15-8-3-2-4-9-15)29-18-12-6-5-11-17(18)26-22(29)24;1-9(2)7-3-4-10(9,8(11)5-7)6-15(12,13)14/h2-13H,14H2,1H3,(H2,24,26)(H,25,27,28);7H,3-6H2,1-2H3,(H,12,13,14). The van der Waals surface area contributed by atoms with Crippen LogP contribution in [0.4, 0.5) is 11.8 Å². The molecule has 4 N–H and O–H groups in total. The number of carbonyl (C=O) groups excluding carboxylic acids is 1. The molecule has 2 aliphatic rings. The monoisotopic (exact) mass is 628 g/mol. The first-order valence-electron chi connectivity index (χ1n) is 14.8. The molecular weight excluding hydrogens is 592 g/mol. The van der Waals surface area contributed by atoms with E-state index >= 15 is 0 Å². The lowest BCUT2D eigenvalue weighted by molar-refractivity contribution is -0.128. The van der Waals surface area contributed by atoms with Gasteiger partial charge in [-0.1, -0.05) is 62.4 Å². The highest BCUT2D eigenvalue weighted by Crippen LogP contribution is 2.64. The number of hydrogen-bond acceptors (Lipinski definition) is 9. The summed E-state index contributed by atoms with van der Waals surface area (Å²) in [4.78, 5) is 25.9. The minimum atomic E-state index is -4.08. The predicted molar refractivity (Wildman–Crippen MR) is 174 cm³/mol. The first-order valence-corrected chi connectivity index (χ1v) is 16.4. The zero-order valence-electron chi connectivity index (χ0n) is 25.4.